The second-order valence-corrected chi connectivity index (χ2v) is 10.2. The van der Waals surface area contributed by atoms with Crippen LogP contribution < -0.4 is 26.2 Å². The van der Waals surface area contributed by atoms with Gasteiger partial charge in [-0.1, -0.05) is 24.3 Å². The second-order valence-electron chi connectivity index (χ2n) is 10.2. The smallest absolute Gasteiger partial charge is 0.414 e. The van der Waals surface area contributed by atoms with E-state index in [0.717, 1.165) is 5.56 Å². The number of anilines is 2. The van der Waals surface area contributed by atoms with Gasteiger partial charge in [0.1, 0.15) is 11.9 Å². The molecule has 4 amide bonds. The van der Waals surface area contributed by atoms with Crippen LogP contribution in [0.25, 0.3) is 0 Å². The number of cyclic esters (lactones) is 1. The molecule has 2 aromatic rings. The van der Waals surface area contributed by atoms with Crippen molar-refractivity contribution in [2.45, 2.75) is 32.4 Å². The molecule has 0 aromatic heterocycles. The van der Waals surface area contributed by atoms with Crippen LogP contribution in [-0.4, -0.2) is 86.4 Å². The van der Waals surface area contributed by atoms with Gasteiger partial charge in [0.2, 0.25) is 17.7 Å². The van der Waals surface area contributed by atoms with Crippen molar-refractivity contribution in [2.75, 3.05) is 55.6 Å². The van der Waals surface area contributed by atoms with Crippen molar-refractivity contribution in [3.63, 3.8) is 0 Å². The maximum Gasteiger partial charge on any atom is 0.414 e. The third-order valence-electron chi connectivity index (χ3n) is 7.14. The van der Waals surface area contributed by atoms with Crippen LogP contribution in [0, 0.1) is 5.82 Å². The molecule has 2 aromatic carbocycles. The molecule has 2 aliphatic rings. The number of nitrogens with two attached hydrogens (primary N) is 1. The Kier molecular flexibility index (Phi) is 10.1. The number of halogens is 1. The second kappa shape index (κ2) is 13.9. The Morgan fingerprint density at radius 1 is 1.02 bits per heavy atom. The average Bonchev–Trinajstić information content (AvgIpc) is 3.35. The topological polar surface area (TPSA) is 154 Å². The zero-order valence-electron chi connectivity index (χ0n) is 23.4. The summed E-state index contributed by atoms with van der Waals surface area (Å²) in [5.41, 5.74) is 7.24. The Balaban J connectivity index is 1.23. The fourth-order valence-electron chi connectivity index (χ4n) is 4.87. The Hall–Kier alpha value is -4.52. The van der Waals surface area contributed by atoms with Gasteiger partial charge in [0.25, 0.3) is 0 Å². The van der Waals surface area contributed by atoms with E-state index in [9.17, 15) is 24.0 Å². The number of ether oxygens (including phenoxy) is 1. The van der Waals surface area contributed by atoms with Crippen LogP contribution in [-0.2, 0) is 25.7 Å². The third kappa shape index (κ3) is 8.03. The molecule has 2 aliphatic heterocycles. The summed E-state index contributed by atoms with van der Waals surface area (Å²) in [6.45, 7) is 3.90. The summed E-state index contributed by atoms with van der Waals surface area (Å²) < 4.78 is 20.3. The molecule has 0 radical (unpaired) electrons. The van der Waals surface area contributed by atoms with E-state index in [4.69, 9.17) is 10.5 Å². The highest BCUT2D eigenvalue weighted by molar-refractivity contribution is 5.98. The fourth-order valence-corrected chi connectivity index (χ4v) is 4.87. The van der Waals surface area contributed by atoms with E-state index in [0.29, 0.717) is 49.7 Å². The summed E-state index contributed by atoms with van der Waals surface area (Å²) in [6, 6.07) is 11.5. The first-order valence-corrected chi connectivity index (χ1v) is 13.8. The van der Waals surface area contributed by atoms with E-state index in [1.807, 2.05) is 4.90 Å². The summed E-state index contributed by atoms with van der Waals surface area (Å²) in [5.74, 6) is -1.44. The Bertz CT molecular complexity index is 1330. The van der Waals surface area contributed by atoms with Gasteiger partial charge >= 0.3 is 6.09 Å². The summed E-state index contributed by atoms with van der Waals surface area (Å²) in [7, 11) is 0. The molecule has 2 saturated heterocycles. The van der Waals surface area contributed by atoms with Crippen LogP contribution in [0.2, 0.25) is 0 Å². The number of carbonyl (C=O) groups is 5. The molecule has 0 unspecified atom stereocenters. The van der Waals surface area contributed by atoms with Crippen LogP contribution in [0.5, 0.6) is 0 Å². The van der Waals surface area contributed by atoms with E-state index < -0.39 is 23.9 Å². The first-order chi connectivity index (χ1) is 20.1. The van der Waals surface area contributed by atoms with Crippen molar-refractivity contribution in [2.24, 2.45) is 5.73 Å². The minimum Gasteiger partial charge on any atom is -0.442 e. The van der Waals surface area contributed by atoms with Gasteiger partial charge < -0.3 is 30.9 Å². The monoisotopic (exact) mass is 582 g/mol. The van der Waals surface area contributed by atoms with E-state index >= 15 is 4.39 Å². The van der Waals surface area contributed by atoms with Crippen LogP contribution in [0.4, 0.5) is 20.6 Å². The van der Waals surface area contributed by atoms with Crippen LogP contribution >= 0.6 is 0 Å². The number of nitrogens with one attached hydrogen (secondary N) is 2. The first-order valence-electron chi connectivity index (χ1n) is 13.8. The molecule has 224 valence electrons. The molecule has 0 spiro atoms. The lowest BCUT2D eigenvalue weighted by molar-refractivity contribution is -0.131. The van der Waals surface area contributed by atoms with E-state index in [-0.39, 0.29) is 50.1 Å². The quantitative estimate of drug-likeness (QED) is 0.315. The molecule has 2 fully saturated rings. The number of hydrogen-bond acceptors (Lipinski definition) is 8. The van der Waals surface area contributed by atoms with E-state index in [2.05, 4.69) is 10.6 Å². The van der Waals surface area contributed by atoms with Gasteiger partial charge in [0.15, 0.2) is 5.78 Å². The number of ketones is 1. The summed E-state index contributed by atoms with van der Waals surface area (Å²) in [5, 5.41) is 5.51. The molecule has 13 heteroatoms. The molecule has 0 aliphatic carbocycles. The lowest BCUT2D eigenvalue weighted by Gasteiger charge is -2.36. The molecule has 0 saturated carbocycles. The first kappa shape index (κ1) is 30.4. The van der Waals surface area contributed by atoms with Crippen LogP contribution in [0.15, 0.2) is 42.5 Å². The Labute approximate surface area is 242 Å². The zero-order valence-corrected chi connectivity index (χ0v) is 23.4. The fraction of sp³-hybridized carbons (Fsp3) is 0.414. The number of Topliss-reactive ketones (excluding diaryl/α,β-unsaturated/α-hetero) is 1. The van der Waals surface area contributed by atoms with Gasteiger partial charge in [0, 0.05) is 58.1 Å². The lowest BCUT2D eigenvalue weighted by Crippen LogP contribution is -2.49. The molecule has 1 atom stereocenters. The average molecular weight is 583 g/mol. The van der Waals surface area contributed by atoms with Gasteiger partial charge in [0.05, 0.1) is 31.0 Å². The van der Waals surface area contributed by atoms with Crippen molar-refractivity contribution in [1.82, 2.24) is 15.5 Å². The third-order valence-corrected chi connectivity index (χ3v) is 7.14. The maximum absolute atomic E-state index is 15.1. The summed E-state index contributed by atoms with van der Waals surface area (Å²) >= 11 is 0. The molecule has 12 nitrogen and oxygen atoms in total. The standard InChI is InChI=1S/C29H35FN6O6/c1-19(37)33-16-23-18-36(29(41)42-23)22-6-7-25(24(30)14-22)34-10-12-35(13-11-34)28(40)9-8-26(38)21-4-2-20(3-5-21)15-32-17-27(31)39/h2-7,14,23,32H,8-13,15-18H2,1H3,(H2,31,39)(H,33,37)/t23-/m0/s1. The highest BCUT2D eigenvalue weighted by Crippen LogP contribution is 2.28. The predicted octanol–water partition coefficient (Wildman–Crippen LogP) is 1.17. The van der Waals surface area contributed by atoms with E-state index in [1.54, 1.807) is 41.3 Å². The van der Waals surface area contributed by atoms with Gasteiger partial charge in [-0.05, 0) is 23.8 Å². The predicted molar refractivity (Wildman–Crippen MR) is 152 cm³/mol. The minimum absolute atomic E-state index is 0.0679. The number of hydrogen-bond donors (Lipinski definition) is 3. The number of benzene rings is 2. The highest BCUT2D eigenvalue weighted by Gasteiger charge is 2.33. The Morgan fingerprint density at radius 3 is 2.38 bits per heavy atom. The van der Waals surface area contributed by atoms with E-state index in [1.165, 1.54) is 17.9 Å². The molecule has 2 heterocycles. The van der Waals surface area contributed by atoms with Crippen molar-refractivity contribution in [3.05, 3.63) is 59.4 Å². The molecule has 4 rings (SSSR count). The normalized spacial score (nSPS) is 16.8. The molecule has 42 heavy (non-hydrogen) atoms. The van der Waals surface area contributed by atoms with Gasteiger partial charge in [-0.25, -0.2) is 9.18 Å². The van der Waals surface area contributed by atoms with Crippen molar-refractivity contribution in [3.8, 4) is 0 Å². The van der Waals surface area contributed by atoms with Crippen LogP contribution in [0.1, 0.15) is 35.7 Å². The SMILES string of the molecule is CC(=O)NC[C@H]1CN(c2ccc(N3CCN(C(=O)CCC(=O)c4ccc(CNCC(N)=O)cc4)CC3)c(F)c2)C(=O)O1. The number of carbonyl (C=O) groups excluding carboxylic acids is 5. The van der Waals surface area contributed by atoms with Crippen molar-refractivity contribution < 1.29 is 33.1 Å². The number of rotatable bonds is 12. The zero-order chi connectivity index (χ0) is 30.2. The Morgan fingerprint density at radius 2 is 1.74 bits per heavy atom. The maximum atomic E-state index is 15.1. The van der Waals surface area contributed by atoms with Gasteiger partial charge in [-0.2, -0.15) is 0 Å². The van der Waals surface area contributed by atoms with Crippen molar-refractivity contribution >= 4 is 41.0 Å². The molecule has 4 N–H and O–H groups in total. The van der Waals surface area contributed by atoms with Gasteiger partial charge in [-0.15, -0.1) is 0 Å². The summed E-state index contributed by atoms with van der Waals surface area (Å²) in [6.07, 6.45) is -0.958. The number of primary amides is 1. The number of nitrogens with zero attached hydrogens (tertiary/aromatic N) is 3. The molecular weight excluding hydrogens is 547 g/mol. The van der Waals surface area contributed by atoms with Crippen molar-refractivity contribution in [1.29, 1.82) is 0 Å². The molecule has 0 bridgehead atoms. The summed E-state index contributed by atoms with van der Waals surface area (Å²) in [4.78, 5) is 64.4. The lowest BCUT2D eigenvalue weighted by atomic mass is 10.0. The highest BCUT2D eigenvalue weighted by atomic mass is 19.1. The minimum atomic E-state index is -0.602. The van der Waals surface area contributed by atoms with Gasteiger partial charge in [-0.3, -0.25) is 24.1 Å². The number of amides is 4. The molecular formula is C29H35FN6O6. The number of piperazine rings is 1. The largest absolute Gasteiger partial charge is 0.442 e. The van der Waals surface area contributed by atoms with Crippen LogP contribution in [0.3, 0.4) is 0 Å².